The van der Waals surface area contributed by atoms with Crippen LogP contribution in [-0.2, 0) is 0 Å². The van der Waals surface area contributed by atoms with Gasteiger partial charge in [-0.15, -0.1) is 0 Å². The van der Waals surface area contributed by atoms with E-state index in [0.717, 1.165) is 26.7 Å². The molecule has 4 aromatic rings. The van der Waals surface area contributed by atoms with Crippen LogP contribution in [0.5, 0.6) is 0 Å². The van der Waals surface area contributed by atoms with Gasteiger partial charge in [-0.2, -0.15) is 0 Å². The number of rotatable bonds is 2. The van der Waals surface area contributed by atoms with Gasteiger partial charge in [0.15, 0.2) is 5.43 Å². The maximum atomic E-state index is 12.7. The van der Waals surface area contributed by atoms with E-state index in [4.69, 9.17) is 0 Å². The molecule has 0 atom stereocenters. The van der Waals surface area contributed by atoms with Gasteiger partial charge in [-0.05, 0) is 48.3 Å². The summed E-state index contributed by atoms with van der Waals surface area (Å²) in [5.74, 6) is 0. The molecule has 0 radical (unpaired) electrons. The number of para-hydroxylation sites is 2. The maximum absolute atomic E-state index is 12.7. The first kappa shape index (κ1) is 13.2. The Balaban J connectivity index is 2.09. The van der Waals surface area contributed by atoms with Crippen LogP contribution in [0.2, 0.25) is 0 Å². The molecule has 0 spiro atoms. The third-order valence-corrected chi connectivity index (χ3v) is 4.73. The second kappa shape index (κ2) is 5.35. The van der Waals surface area contributed by atoms with Crippen LogP contribution >= 0.6 is 11.9 Å². The molecule has 0 aliphatic carbocycles. The summed E-state index contributed by atoms with van der Waals surface area (Å²) in [5.41, 5.74) is 1.98. The van der Waals surface area contributed by atoms with Gasteiger partial charge in [0.1, 0.15) is 0 Å². The highest BCUT2D eigenvalue weighted by molar-refractivity contribution is 7.98. The molecular formula is C19H13NOS. The fraction of sp³-hybridized carbons (Fsp3) is 0. The lowest BCUT2D eigenvalue weighted by Crippen LogP contribution is -2.07. The molecule has 0 amide bonds. The lowest BCUT2D eigenvalue weighted by atomic mass is 10.1. The Morgan fingerprint density at radius 2 is 1.14 bits per heavy atom. The molecule has 4 rings (SSSR count). The van der Waals surface area contributed by atoms with Crippen LogP contribution in [0.25, 0.3) is 21.8 Å². The number of hydrogen-bond donors (Lipinski definition) is 0. The summed E-state index contributed by atoms with van der Waals surface area (Å²) in [4.78, 5) is 13.8. The van der Waals surface area contributed by atoms with Crippen LogP contribution in [0.3, 0.4) is 0 Å². The molecule has 2 nitrogen and oxygen atoms in total. The van der Waals surface area contributed by atoms with Crippen LogP contribution < -0.4 is 5.43 Å². The standard InChI is InChI=1S/C19H13NOS/c21-19-15-10-4-6-12-17(15)20(18-13-7-5-11-16(18)19)22-14-8-2-1-3-9-14/h1-13H. The van der Waals surface area contributed by atoms with E-state index in [1.54, 1.807) is 11.9 Å². The summed E-state index contributed by atoms with van der Waals surface area (Å²) in [6.45, 7) is 0. The molecule has 0 saturated carbocycles. The third kappa shape index (κ3) is 2.11. The lowest BCUT2D eigenvalue weighted by Gasteiger charge is -2.13. The Hall–Kier alpha value is -2.52. The molecule has 0 saturated heterocycles. The Morgan fingerprint density at radius 1 is 0.636 bits per heavy atom. The van der Waals surface area contributed by atoms with E-state index in [0.29, 0.717) is 0 Å². The molecule has 0 fully saturated rings. The minimum absolute atomic E-state index is 0.0936. The molecule has 3 heteroatoms. The molecule has 1 heterocycles. The fourth-order valence-electron chi connectivity index (χ4n) is 2.65. The topological polar surface area (TPSA) is 22.0 Å². The van der Waals surface area contributed by atoms with Crippen molar-refractivity contribution in [3.63, 3.8) is 0 Å². The second-order valence-electron chi connectivity index (χ2n) is 5.06. The predicted octanol–water partition coefficient (Wildman–Crippen LogP) is 4.71. The third-order valence-electron chi connectivity index (χ3n) is 3.67. The second-order valence-corrected chi connectivity index (χ2v) is 6.08. The quantitative estimate of drug-likeness (QED) is 0.500. The molecule has 0 aliphatic rings. The first-order valence-corrected chi connectivity index (χ1v) is 7.88. The number of nitrogens with zero attached hydrogens (tertiary/aromatic N) is 1. The summed E-state index contributed by atoms with van der Waals surface area (Å²) in [5, 5.41) is 1.51. The molecule has 0 N–H and O–H groups in total. The van der Waals surface area contributed by atoms with Crippen molar-refractivity contribution >= 4 is 33.8 Å². The zero-order valence-corrected chi connectivity index (χ0v) is 12.6. The van der Waals surface area contributed by atoms with Crippen molar-refractivity contribution < 1.29 is 0 Å². The van der Waals surface area contributed by atoms with Gasteiger partial charge in [-0.25, -0.2) is 0 Å². The van der Waals surface area contributed by atoms with Gasteiger partial charge < -0.3 is 0 Å². The van der Waals surface area contributed by atoms with Gasteiger partial charge in [0, 0.05) is 15.7 Å². The van der Waals surface area contributed by atoms with Crippen molar-refractivity contribution in [1.29, 1.82) is 0 Å². The van der Waals surface area contributed by atoms with Gasteiger partial charge >= 0.3 is 0 Å². The predicted molar refractivity (Wildman–Crippen MR) is 93.4 cm³/mol. The molecule has 0 unspecified atom stereocenters. The van der Waals surface area contributed by atoms with E-state index >= 15 is 0 Å². The average molecular weight is 303 g/mol. The average Bonchev–Trinajstić information content (AvgIpc) is 2.59. The zero-order valence-electron chi connectivity index (χ0n) is 11.8. The Morgan fingerprint density at radius 3 is 1.73 bits per heavy atom. The number of aromatic nitrogens is 1. The van der Waals surface area contributed by atoms with Crippen molar-refractivity contribution in [3.8, 4) is 0 Å². The summed E-state index contributed by atoms with van der Waals surface area (Å²) in [6.07, 6.45) is 0. The van der Waals surface area contributed by atoms with E-state index < -0.39 is 0 Å². The lowest BCUT2D eigenvalue weighted by molar-refractivity contribution is 1.34. The van der Waals surface area contributed by atoms with Crippen molar-refractivity contribution in [2.24, 2.45) is 0 Å². The van der Waals surface area contributed by atoms with Gasteiger partial charge in [-0.1, -0.05) is 42.5 Å². The molecule has 22 heavy (non-hydrogen) atoms. The molecular weight excluding hydrogens is 290 g/mol. The Labute approximate surface area is 132 Å². The highest BCUT2D eigenvalue weighted by Gasteiger charge is 2.10. The number of hydrogen-bond acceptors (Lipinski definition) is 2. The smallest absolute Gasteiger partial charge is 0.197 e. The molecule has 0 aliphatic heterocycles. The largest absolute Gasteiger partial charge is 0.288 e. The van der Waals surface area contributed by atoms with Crippen LogP contribution in [-0.4, -0.2) is 3.97 Å². The number of benzene rings is 3. The van der Waals surface area contributed by atoms with E-state index in [-0.39, 0.29) is 5.43 Å². The summed E-state index contributed by atoms with van der Waals surface area (Å²) >= 11 is 1.63. The Kier molecular flexibility index (Phi) is 3.20. The van der Waals surface area contributed by atoms with Gasteiger partial charge in [0.25, 0.3) is 0 Å². The van der Waals surface area contributed by atoms with Gasteiger partial charge in [0.2, 0.25) is 0 Å². The summed E-state index contributed by atoms with van der Waals surface area (Å²) in [6, 6.07) is 25.8. The summed E-state index contributed by atoms with van der Waals surface area (Å²) < 4.78 is 2.14. The maximum Gasteiger partial charge on any atom is 0.197 e. The molecule has 1 aromatic heterocycles. The zero-order chi connectivity index (χ0) is 14.9. The van der Waals surface area contributed by atoms with Crippen molar-refractivity contribution in [2.45, 2.75) is 4.90 Å². The number of pyridine rings is 1. The van der Waals surface area contributed by atoms with Crippen LogP contribution in [0.1, 0.15) is 0 Å². The highest BCUT2D eigenvalue weighted by atomic mass is 32.2. The molecule has 0 bridgehead atoms. The van der Waals surface area contributed by atoms with Crippen molar-refractivity contribution in [2.75, 3.05) is 0 Å². The highest BCUT2D eigenvalue weighted by Crippen LogP contribution is 2.28. The van der Waals surface area contributed by atoms with Crippen LogP contribution in [0.15, 0.2) is 88.6 Å². The van der Waals surface area contributed by atoms with E-state index in [2.05, 4.69) is 16.1 Å². The van der Waals surface area contributed by atoms with Gasteiger partial charge in [0.05, 0.1) is 11.0 Å². The summed E-state index contributed by atoms with van der Waals surface area (Å²) in [7, 11) is 0. The van der Waals surface area contributed by atoms with Crippen molar-refractivity contribution in [3.05, 3.63) is 89.1 Å². The minimum Gasteiger partial charge on any atom is -0.288 e. The van der Waals surface area contributed by atoms with Crippen LogP contribution in [0.4, 0.5) is 0 Å². The van der Waals surface area contributed by atoms with Crippen LogP contribution in [0, 0.1) is 0 Å². The normalized spacial score (nSPS) is 11.1. The van der Waals surface area contributed by atoms with E-state index in [1.165, 1.54) is 0 Å². The fourth-order valence-corrected chi connectivity index (χ4v) is 3.65. The van der Waals surface area contributed by atoms with E-state index in [1.807, 2.05) is 66.7 Å². The molecule has 106 valence electrons. The first-order valence-electron chi connectivity index (χ1n) is 7.10. The van der Waals surface area contributed by atoms with E-state index in [9.17, 15) is 4.79 Å². The molecule has 3 aromatic carbocycles. The number of fused-ring (bicyclic) bond motifs is 2. The minimum atomic E-state index is 0.0936. The monoisotopic (exact) mass is 303 g/mol. The SMILES string of the molecule is O=c1c2ccccc2n(Sc2ccccc2)c2ccccc12. The Bertz CT molecular complexity index is 962. The first-order chi connectivity index (χ1) is 10.8. The van der Waals surface area contributed by atoms with Gasteiger partial charge in [-0.3, -0.25) is 8.77 Å². The van der Waals surface area contributed by atoms with Crippen molar-refractivity contribution in [1.82, 2.24) is 3.97 Å².